The zero-order valence-corrected chi connectivity index (χ0v) is 14.4. The lowest BCUT2D eigenvalue weighted by molar-refractivity contribution is 0.0697. The zero-order chi connectivity index (χ0) is 14.8. The SMILES string of the molecule is CCO[Si](CCCN1CC=NC1CC)(OCC)OCC. The van der Waals surface area contributed by atoms with E-state index in [1.807, 2.05) is 27.0 Å². The number of hydrogen-bond donors (Lipinski definition) is 0. The highest BCUT2D eigenvalue weighted by Gasteiger charge is 2.39. The number of aliphatic imine (C=N–C) groups is 1. The lowest BCUT2D eigenvalue weighted by atomic mass is 10.3. The molecule has 0 bridgehead atoms. The van der Waals surface area contributed by atoms with E-state index in [1.165, 1.54) is 0 Å². The third kappa shape index (κ3) is 5.25. The van der Waals surface area contributed by atoms with Crippen molar-refractivity contribution in [1.29, 1.82) is 0 Å². The molecular weight excluding hydrogens is 272 g/mol. The summed E-state index contributed by atoms with van der Waals surface area (Å²) in [5.41, 5.74) is 0. The van der Waals surface area contributed by atoms with Crippen molar-refractivity contribution in [3.63, 3.8) is 0 Å². The average Bonchev–Trinajstić information content (AvgIpc) is 2.87. The van der Waals surface area contributed by atoms with E-state index in [4.69, 9.17) is 13.3 Å². The molecule has 1 heterocycles. The first kappa shape index (κ1) is 17.8. The topological polar surface area (TPSA) is 43.3 Å². The minimum Gasteiger partial charge on any atom is -0.374 e. The third-order valence-corrected chi connectivity index (χ3v) is 6.55. The van der Waals surface area contributed by atoms with E-state index < -0.39 is 8.80 Å². The van der Waals surface area contributed by atoms with Gasteiger partial charge in [-0.1, -0.05) is 6.92 Å². The van der Waals surface area contributed by atoms with Gasteiger partial charge < -0.3 is 13.3 Å². The molecule has 1 aliphatic rings. The van der Waals surface area contributed by atoms with Crippen LogP contribution in [0.4, 0.5) is 0 Å². The van der Waals surface area contributed by atoms with Crippen LogP contribution in [-0.2, 0) is 13.3 Å². The lowest BCUT2D eigenvalue weighted by Crippen LogP contribution is -2.46. The standard InChI is InChI=1S/C14H30N2O3Si/c1-5-14-15-10-12-16(14)11-9-13-20(17-6-2,18-7-3)19-8-4/h10,14H,5-9,11-13H2,1-4H3. The van der Waals surface area contributed by atoms with Crippen molar-refractivity contribution in [1.82, 2.24) is 4.90 Å². The summed E-state index contributed by atoms with van der Waals surface area (Å²) in [7, 11) is -2.47. The van der Waals surface area contributed by atoms with Crippen LogP contribution in [0.5, 0.6) is 0 Å². The number of hydrogen-bond acceptors (Lipinski definition) is 5. The Labute approximate surface area is 124 Å². The zero-order valence-electron chi connectivity index (χ0n) is 13.4. The van der Waals surface area contributed by atoms with Crippen LogP contribution in [0.25, 0.3) is 0 Å². The summed E-state index contributed by atoms with van der Waals surface area (Å²) in [6, 6.07) is 0.884. The van der Waals surface area contributed by atoms with Crippen molar-refractivity contribution < 1.29 is 13.3 Å². The summed E-state index contributed by atoms with van der Waals surface area (Å²) in [6.45, 7) is 12.1. The van der Waals surface area contributed by atoms with Crippen molar-refractivity contribution in [2.45, 2.75) is 52.7 Å². The number of nitrogens with zero attached hydrogens (tertiary/aromatic N) is 2. The molecule has 6 heteroatoms. The van der Waals surface area contributed by atoms with E-state index in [0.29, 0.717) is 26.0 Å². The maximum absolute atomic E-state index is 5.87. The van der Waals surface area contributed by atoms with Crippen LogP contribution in [0, 0.1) is 0 Å². The van der Waals surface area contributed by atoms with Crippen LogP contribution < -0.4 is 0 Å². The highest BCUT2D eigenvalue weighted by atomic mass is 28.4. The average molecular weight is 302 g/mol. The van der Waals surface area contributed by atoms with Gasteiger partial charge in [-0.3, -0.25) is 9.89 Å². The van der Waals surface area contributed by atoms with Crippen molar-refractivity contribution in [2.75, 3.05) is 32.9 Å². The molecule has 0 saturated heterocycles. The van der Waals surface area contributed by atoms with Gasteiger partial charge in [0, 0.05) is 45.2 Å². The molecule has 0 radical (unpaired) electrons. The predicted molar refractivity (Wildman–Crippen MR) is 84.2 cm³/mol. The molecule has 118 valence electrons. The molecule has 1 unspecified atom stereocenters. The fraction of sp³-hybridized carbons (Fsp3) is 0.929. The van der Waals surface area contributed by atoms with Gasteiger partial charge in [0.15, 0.2) is 0 Å². The fourth-order valence-corrected chi connectivity index (χ4v) is 5.19. The smallest absolute Gasteiger partial charge is 0.374 e. The van der Waals surface area contributed by atoms with Gasteiger partial charge >= 0.3 is 8.80 Å². The molecule has 0 aromatic rings. The molecule has 1 rings (SSSR count). The quantitative estimate of drug-likeness (QED) is 0.550. The first-order chi connectivity index (χ1) is 9.71. The highest BCUT2D eigenvalue weighted by Crippen LogP contribution is 2.20. The Balaban J connectivity index is 2.44. The van der Waals surface area contributed by atoms with Gasteiger partial charge in [-0.15, -0.1) is 0 Å². The molecule has 20 heavy (non-hydrogen) atoms. The maximum atomic E-state index is 5.87. The summed E-state index contributed by atoms with van der Waals surface area (Å²) in [5, 5.41) is 0. The number of rotatable bonds is 11. The van der Waals surface area contributed by atoms with Gasteiger partial charge in [0.05, 0.1) is 0 Å². The second-order valence-electron chi connectivity index (χ2n) is 4.80. The molecule has 0 aliphatic carbocycles. The van der Waals surface area contributed by atoms with Gasteiger partial charge in [-0.2, -0.15) is 0 Å². The molecule has 0 saturated carbocycles. The van der Waals surface area contributed by atoms with Crippen LogP contribution in [0.3, 0.4) is 0 Å². The van der Waals surface area contributed by atoms with Crippen LogP contribution in [0.15, 0.2) is 4.99 Å². The molecule has 0 spiro atoms. The molecule has 0 fully saturated rings. The molecular formula is C14H30N2O3Si. The van der Waals surface area contributed by atoms with E-state index >= 15 is 0 Å². The Hall–Kier alpha value is -0.273. The van der Waals surface area contributed by atoms with Crippen molar-refractivity contribution in [3.8, 4) is 0 Å². The Kier molecular flexibility index (Phi) is 8.56. The molecule has 0 aromatic carbocycles. The van der Waals surface area contributed by atoms with E-state index in [-0.39, 0.29) is 0 Å². The van der Waals surface area contributed by atoms with E-state index in [1.54, 1.807) is 0 Å². The van der Waals surface area contributed by atoms with Gasteiger partial charge in [-0.05, 0) is 33.6 Å². The second kappa shape index (κ2) is 9.62. The Morgan fingerprint density at radius 1 is 1.10 bits per heavy atom. The van der Waals surface area contributed by atoms with Gasteiger partial charge in [0.1, 0.15) is 6.17 Å². The monoisotopic (exact) mass is 302 g/mol. The molecule has 0 N–H and O–H groups in total. The van der Waals surface area contributed by atoms with E-state index in [0.717, 1.165) is 32.0 Å². The summed E-state index contributed by atoms with van der Waals surface area (Å²) in [4.78, 5) is 6.88. The fourth-order valence-electron chi connectivity index (χ4n) is 2.59. The predicted octanol–water partition coefficient (Wildman–Crippen LogP) is 2.55. The van der Waals surface area contributed by atoms with Gasteiger partial charge in [0.25, 0.3) is 0 Å². The summed E-state index contributed by atoms with van der Waals surface area (Å²) in [6.07, 6.45) is 4.48. The van der Waals surface area contributed by atoms with Crippen molar-refractivity contribution in [2.24, 2.45) is 4.99 Å². The van der Waals surface area contributed by atoms with E-state index in [2.05, 4.69) is 16.8 Å². The summed E-state index contributed by atoms with van der Waals surface area (Å²) < 4.78 is 17.6. The van der Waals surface area contributed by atoms with Crippen molar-refractivity contribution in [3.05, 3.63) is 0 Å². The minimum absolute atomic E-state index is 0.359. The second-order valence-corrected chi connectivity index (χ2v) is 7.53. The third-order valence-electron chi connectivity index (χ3n) is 3.40. The van der Waals surface area contributed by atoms with Crippen LogP contribution in [-0.4, -0.2) is 59.0 Å². The van der Waals surface area contributed by atoms with Crippen LogP contribution in [0.2, 0.25) is 6.04 Å². The van der Waals surface area contributed by atoms with Gasteiger partial charge in [-0.25, -0.2) is 0 Å². The summed E-state index contributed by atoms with van der Waals surface area (Å²) >= 11 is 0. The minimum atomic E-state index is -2.47. The molecule has 0 aromatic heterocycles. The van der Waals surface area contributed by atoms with Crippen LogP contribution >= 0.6 is 0 Å². The first-order valence-electron chi connectivity index (χ1n) is 7.88. The van der Waals surface area contributed by atoms with Crippen molar-refractivity contribution >= 4 is 15.0 Å². The normalized spacial score (nSPS) is 19.9. The molecule has 1 aliphatic heterocycles. The Morgan fingerprint density at radius 3 is 2.20 bits per heavy atom. The first-order valence-corrected chi connectivity index (χ1v) is 9.82. The largest absolute Gasteiger partial charge is 0.500 e. The maximum Gasteiger partial charge on any atom is 0.500 e. The van der Waals surface area contributed by atoms with Gasteiger partial charge in [0.2, 0.25) is 0 Å². The van der Waals surface area contributed by atoms with E-state index in [9.17, 15) is 0 Å². The molecule has 1 atom stereocenters. The van der Waals surface area contributed by atoms with Crippen LogP contribution in [0.1, 0.15) is 40.5 Å². The molecule has 5 nitrogen and oxygen atoms in total. The summed E-state index contributed by atoms with van der Waals surface area (Å²) in [5.74, 6) is 0. The Morgan fingerprint density at radius 2 is 1.70 bits per heavy atom. The highest BCUT2D eigenvalue weighted by molar-refractivity contribution is 6.60. The Bertz CT molecular complexity index is 273. The lowest BCUT2D eigenvalue weighted by Gasteiger charge is -2.29. The molecule has 0 amide bonds.